The minimum Gasteiger partial charge on any atom is -0.360 e. The standard InChI is InChI=1S/C20H15F3N2S/c21-20(22,23)14-9-7-13(8-10-14)19-12-17(15-5-3-11-24-15)25-16-4-1-2-6-18(16)26-19/h1-11,19,24H,12H2. The minimum absolute atomic E-state index is 0.0111. The summed E-state index contributed by atoms with van der Waals surface area (Å²) in [4.78, 5) is 9.00. The van der Waals surface area contributed by atoms with Gasteiger partial charge in [0.15, 0.2) is 0 Å². The molecule has 1 unspecified atom stereocenters. The zero-order valence-electron chi connectivity index (χ0n) is 13.6. The maximum Gasteiger partial charge on any atom is 0.416 e. The highest BCUT2D eigenvalue weighted by molar-refractivity contribution is 7.99. The zero-order valence-corrected chi connectivity index (χ0v) is 14.4. The number of aromatic amines is 1. The van der Waals surface area contributed by atoms with Gasteiger partial charge in [-0.2, -0.15) is 13.2 Å². The van der Waals surface area contributed by atoms with E-state index in [1.807, 2.05) is 42.6 Å². The smallest absolute Gasteiger partial charge is 0.360 e. The van der Waals surface area contributed by atoms with Gasteiger partial charge < -0.3 is 4.98 Å². The van der Waals surface area contributed by atoms with Gasteiger partial charge >= 0.3 is 6.18 Å². The zero-order chi connectivity index (χ0) is 18.1. The highest BCUT2D eigenvalue weighted by atomic mass is 32.2. The average molecular weight is 372 g/mol. The van der Waals surface area contributed by atoms with Gasteiger partial charge in [-0.1, -0.05) is 24.3 Å². The van der Waals surface area contributed by atoms with Crippen molar-refractivity contribution < 1.29 is 13.2 Å². The van der Waals surface area contributed by atoms with Gasteiger partial charge in [0.2, 0.25) is 0 Å². The first-order valence-electron chi connectivity index (χ1n) is 8.15. The van der Waals surface area contributed by atoms with Crippen molar-refractivity contribution >= 4 is 23.2 Å². The van der Waals surface area contributed by atoms with Crippen molar-refractivity contribution in [2.75, 3.05) is 0 Å². The molecule has 0 amide bonds. The predicted octanol–water partition coefficient (Wildman–Crippen LogP) is 6.39. The molecule has 1 N–H and O–H groups in total. The first-order valence-corrected chi connectivity index (χ1v) is 9.03. The van der Waals surface area contributed by atoms with Gasteiger partial charge in [0.05, 0.1) is 22.7 Å². The molecule has 2 heterocycles. The number of alkyl halides is 3. The number of H-pyrrole nitrogens is 1. The lowest BCUT2D eigenvalue weighted by Crippen LogP contribution is -2.07. The van der Waals surface area contributed by atoms with Gasteiger partial charge in [-0.25, -0.2) is 0 Å². The number of thioether (sulfide) groups is 1. The molecule has 0 saturated heterocycles. The highest BCUT2D eigenvalue weighted by Gasteiger charge is 2.30. The minimum atomic E-state index is -4.32. The fraction of sp³-hybridized carbons (Fsp3) is 0.150. The third-order valence-corrected chi connectivity index (χ3v) is 5.61. The number of hydrogen-bond acceptors (Lipinski definition) is 2. The Morgan fingerprint density at radius 2 is 1.73 bits per heavy atom. The molecule has 2 aromatic carbocycles. The van der Waals surface area contributed by atoms with Crippen LogP contribution in [0.5, 0.6) is 0 Å². The Labute approximate surface area is 153 Å². The van der Waals surface area contributed by atoms with Gasteiger partial charge in [-0.05, 0) is 42.0 Å². The van der Waals surface area contributed by atoms with Crippen molar-refractivity contribution in [3.05, 3.63) is 83.7 Å². The third-order valence-electron chi connectivity index (χ3n) is 4.29. The number of fused-ring (bicyclic) bond motifs is 1. The number of hydrogen-bond donors (Lipinski definition) is 1. The van der Waals surface area contributed by atoms with Crippen LogP contribution in [0.15, 0.2) is 76.7 Å². The molecule has 6 heteroatoms. The number of halogens is 3. The Hall–Kier alpha value is -2.47. The van der Waals surface area contributed by atoms with Gasteiger partial charge in [-0.3, -0.25) is 4.99 Å². The van der Waals surface area contributed by atoms with Crippen LogP contribution in [-0.4, -0.2) is 10.7 Å². The largest absolute Gasteiger partial charge is 0.416 e. The lowest BCUT2D eigenvalue weighted by molar-refractivity contribution is -0.137. The number of nitrogens with zero attached hydrogens (tertiary/aromatic N) is 1. The second kappa shape index (κ2) is 6.68. The van der Waals surface area contributed by atoms with E-state index in [0.29, 0.717) is 6.42 Å². The second-order valence-electron chi connectivity index (χ2n) is 6.04. The van der Waals surface area contributed by atoms with E-state index in [4.69, 9.17) is 4.99 Å². The van der Waals surface area contributed by atoms with Crippen molar-refractivity contribution in [3.63, 3.8) is 0 Å². The summed E-state index contributed by atoms with van der Waals surface area (Å²) >= 11 is 1.64. The molecule has 0 radical (unpaired) electrons. The number of nitrogens with one attached hydrogen (secondary N) is 1. The van der Waals surface area contributed by atoms with Crippen LogP contribution in [0, 0.1) is 0 Å². The molecular weight excluding hydrogens is 357 g/mol. The third kappa shape index (κ3) is 3.42. The molecule has 132 valence electrons. The normalized spacial score (nSPS) is 17.3. The van der Waals surface area contributed by atoms with E-state index >= 15 is 0 Å². The molecule has 0 bridgehead atoms. The Bertz CT molecular complexity index is 928. The Morgan fingerprint density at radius 3 is 2.42 bits per heavy atom. The van der Waals surface area contributed by atoms with Crippen LogP contribution in [0.25, 0.3) is 0 Å². The van der Waals surface area contributed by atoms with Crippen molar-refractivity contribution in [2.24, 2.45) is 4.99 Å². The molecule has 1 aliphatic rings. The van der Waals surface area contributed by atoms with Gasteiger partial charge in [-0.15, -0.1) is 11.8 Å². The lowest BCUT2D eigenvalue weighted by atomic mass is 10.0. The van der Waals surface area contributed by atoms with Crippen LogP contribution in [0.3, 0.4) is 0 Å². The quantitative estimate of drug-likeness (QED) is 0.554. The van der Waals surface area contributed by atoms with Crippen molar-refractivity contribution in [1.29, 1.82) is 0 Å². The van der Waals surface area contributed by atoms with Gasteiger partial charge in [0.1, 0.15) is 0 Å². The molecule has 1 aliphatic heterocycles. The number of aromatic nitrogens is 1. The van der Waals surface area contributed by atoms with Crippen LogP contribution < -0.4 is 0 Å². The van der Waals surface area contributed by atoms with Crippen molar-refractivity contribution in [1.82, 2.24) is 4.98 Å². The van der Waals surface area contributed by atoms with Crippen LogP contribution >= 0.6 is 11.8 Å². The number of para-hydroxylation sites is 1. The fourth-order valence-corrected chi connectivity index (χ4v) is 4.20. The number of aliphatic imine (C=N–C) groups is 1. The SMILES string of the molecule is FC(F)(F)c1ccc(C2CC(c3ccc[nH]3)=Nc3ccccc3S2)cc1. The Kier molecular flexibility index (Phi) is 4.36. The molecule has 3 aromatic rings. The van der Waals surface area contributed by atoms with Crippen LogP contribution in [0.2, 0.25) is 0 Å². The molecule has 26 heavy (non-hydrogen) atoms. The average Bonchev–Trinajstić information content (AvgIpc) is 3.09. The van der Waals surface area contributed by atoms with Crippen LogP contribution in [0.1, 0.15) is 28.5 Å². The maximum absolute atomic E-state index is 12.8. The first kappa shape index (κ1) is 17.0. The van der Waals surface area contributed by atoms with Crippen LogP contribution in [-0.2, 0) is 6.18 Å². The number of benzene rings is 2. The van der Waals surface area contributed by atoms with E-state index in [1.54, 1.807) is 23.9 Å². The molecule has 0 aliphatic carbocycles. The molecule has 2 nitrogen and oxygen atoms in total. The van der Waals surface area contributed by atoms with E-state index < -0.39 is 11.7 Å². The van der Waals surface area contributed by atoms with Crippen molar-refractivity contribution in [3.8, 4) is 0 Å². The monoisotopic (exact) mass is 372 g/mol. The topological polar surface area (TPSA) is 28.1 Å². The Morgan fingerprint density at radius 1 is 0.962 bits per heavy atom. The summed E-state index contributed by atoms with van der Waals surface area (Å²) in [5, 5.41) is -0.0111. The second-order valence-corrected chi connectivity index (χ2v) is 7.28. The molecule has 1 aromatic heterocycles. The summed E-state index contributed by atoms with van der Waals surface area (Å²) < 4.78 is 38.5. The summed E-state index contributed by atoms with van der Waals surface area (Å²) in [5.41, 5.74) is 2.95. The molecule has 1 atom stereocenters. The fourth-order valence-electron chi connectivity index (χ4n) is 2.96. The van der Waals surface area contributed by atoms with E-state index in [1.165, 1.54) is 0 Å². The summed E-state index contributed by atoms with van der Waals surface area (Å²) in [6, 6.07) is 17.2. The van der Waals surface area contributed by atoms with E-state index in [9.17, 15) is 13.2 Å². The molecule has 0 spiro atoms. The van der Waals surface area contributed by atoms with E-state index in [-0.39, 0.29) is 5.25 Å². The lowest BCUT2D eigenvalue weighted by Gasteiger charge is -2.16. The van der Waals surface area contributed by atoms with Gasteiger partial charge in [0.25, 0.3) is 0 Å². The highest BCUT2D eigenvalue weighted by Crippen LogP contribution is 2.45. The molecular formula is C20H15F3N2S. The van der Waals surface area contributed by atoms with E-state index in [2.05, 4.69) is 4.98 Å². The maximum atomic E-state index is 12.8. The summed E-state index contributed by atoms with van der Waals surface area (Å²) in [7, 11) is 0. The summed E-state index contributed by atoms with van der Waals surface area (Å²) in [6.45, 7) is 0. The van der Waals surface area contributed by atoms with Gasteiger partial charge in [0, 0.05) is 22.8 Å². The molecule has 4 rings (SSSR count). The van der Waals surface area contributed by atoms with E-state index in [0.717, 1.165) is 39.7 Å². The molecule has 0 saturated carbocycles. The molecule has 0 fully saturated rings. The summed E-state index contributed by atoms with van der Waals surface area (Å²) in [5.74, 6) is 0. The predicted molar refractivity (Wildman–Crippen MR) is 98.1 cm³/mol. The van der Waals surface area contributed by atoms with Crippen molar-refractivity contribution in [2.45, 2.75) is 22.7 Å². The van der Waals surface area contributed by atoms with Crippen LogP contribution in [0.4, 0.5) is 18.9 Å². The number of rotatable bonds is 2. The Balaban J connectivity index is 1.72. The summed E-state index contributed by atoms with van der Waals surface area (Å²) in [6.07, 6.45) is -1.85. The first-order chi connectivity index (χ1) is 12.5.